The van der Waals surface area contributed by atoms with Crippen molar-refractivity contribution in [2.45, 2.75) is 6.04 Å². The number of carbonyl (C=O) groups is 1. The smallest absolute Gasteiger partial charge is 0.409 e. The summed E-state index contributed by atoms with van der Waals surface area (Å²) in [4.78, 5) is 14.7. The van der Waals surface area contributed by atoms with E-state index in [2.05, 4.69) is 10.3 Å². The van der Waals surface area contributed by atoms with Gasteiger partial charge in [-0.1, -0.05) is 11.0 Å². The first kappa shape index (κ1) is 13.2. The van der Waals surface area contributed by atoms with Crippen molar-refractivity contribution >= 4 is 28.4 Å². The number of likely N-dealkylation sites (N-methyl/N-ethyl adjacent to an activating group) is 1. The Balaban J connectivity index is 2.03. The lowest BCUT2D eigenvalue weighted by Gasteiger charge is -2.44. The molecule has 10 heteroatoms. The van der Waals surface area contributed by atoms with Crippen molar-refractivity contribution in [2.75, 3.05) is 29.8 Å². The second kappa shape index (κ2) is 4.38. The standard InChI is InChI=1S/C10H14N4O5S/c1-13-4-7-5-19-9-8(14(7)20(13,17)18)2-6(3-11-9)12-10(15)16/h2-3,7,12,17-18H,4-5H2,1H3,(H,15,16)/t7-/m0/s1. The predicted octanol–water partition coefficient (Wildman–Crippen LogP) is 1.26. The number of fused-ring (bicyclic) bond motifs is 3. The second-order valence-corrected chi connectivity index (χ2v) is 6.57. The molecule has 0 unspecified atom stereocenters. The lowest BCUT2D eigenvalue weighted by molar-refractivity contribution is 0.209. The molecule has 0 radical (unpaired) electrons. The Kier molecular flexibility index (Phi) is 2.90. The van der Waals surface area contributed by atoms with Gasteiger partial charge in [-0.05, 0) is 6.07 Å². The van der Waals surface area contributed by atoms with Crippen molar-refractivity contribution < 1.29 is 23.7 Å². The van der Waals surface area contributed by atoms with E-state index in [1.54, 1.807) is 7.05 Å². The fourth-order valence-corrected chi connectivity index (χ4v) is 3.94. The van der Waals surface area contributed by atoms with E-state index in [9.17, 15) is 13.9 Å². The number of hydrogen-bond donors (Lipinski definition) is 4. The molecule has 20 heavy (non-hydrogen) atoms. The molecule has 0 spiro atoms. The molecule has 0 saturated carbocycles. The fraction of sp³-hybridized carbons (Fsp3) is 0.400. The average Bonchev–Trinajstić information content (AvgIpc) is 2.59. The Labute approximate surface area is 116 Å². The van der Waals surface area contributed by atoms with Gasteiger partial charge in [-0.2, -0.15) is 4.31 Å². The molecule has 2 aliphatic rings. The van der Waals surface area contributed by atoms with Gasteiger partial charge in [0.15, 0.2) is 0 Å². The van der Waals surface area contributed by atoms with Crippen LogP contribution < -0.4 is 14.4 Å². The van der Waals surface area contributed by atoms with Crippen LogP contribution in [0.15, 0.2) is 12.3 Å². The Hall–Kier alpha value is -1.75. The van der Waals surface area contributed by atoms with Gasteiger partial charge < -0.3 is 9.84 Å². The number of carboxylic acid groups (broad SMARTS) is 1. The number of hydrogen-bond acceptors (Lipinski definition) is 7. The molecule has 1 amide bonds. The zero-order valence-corrected chi connectivity index (χ0v) is 11.4. The molecule has 1 aromatic rings. The summed E-state index contributed by atoms with van der Waals surface area (Å²) in [5, 5.41) is 10.9. The molecule has 3 rings (SSSR count). The van der Waals surface area contributed by atoms with Crippen molar-refractivity contribution in [1.82, 2.24) is 9.29 Å². The molecule has 1 fully saturated rings. The normalized spacial score (nSPS) is 25.4. The molecule has 1 aromatic heterocycles. The van der Waals surface area contributed by atoms with E-state index >= 15 is 0 Å². The third-order valence-corrected chi connectivity index (χ3v) is 5.22. The van der Waals surface area contributed by atoms with E-state index in [1.165, 1.54) is 20.9 Å². The zero-order chi connectivity index (χ0) is 14.5. The van der Waals surface area contributed by atoms with Crippen LogP contribution in [-0.4, -0.2) is 55.8 Å². The first-order valence-corrected chi connectivity index (χ1v) is 7.27. The van der Waals surface area contributed by atoms with Crippen molar-refractivity contribution in [2.24, 2.45) is 0 Å². The molecule has 4 N–H and O–H groups in total. The molecule has 3 heterocycles. The lowest BCUT2D eigenvalue weighted by atomic mass is 10.2. The molecule has 110 valence electrons. The van der Waals surface area contributed by atoms with E-state index in [4.69, 9.17) is 9.84 Å². The maximum absolute atomic E-state index is 10.7. The molecule has 1 atom stereocenters. The SMILES string of the molecule is CN1C[C@H]2COc3ncc(NC(=O)O)cc3N2S1(O)O. The Morgan fingerprint density at radius 1 is 1.60 bits per heavy atom. The monoisotopic (exact) mass is 302 g/mol. The summed E-state index contributed by atoms with van der Waals surface area (Å²) < 4.78 is 28.9. The highest BCUT2D eigenvalue weighted by molar-refractivity contribution is 8.23. The maximum Gasteiger partial charge on any atom is 0.409 e. The van der Waals surface area contributed by atoms with Crippen LogP contribution in [0.1, 0.15) is 0 Å². The van der Waals surface area contributed by atoms with Crippen molar-refractivity contribution in [3.05, 3.63) is 12.3 Å². The highest BCUT2D eigenvalue weighted by atomic mass is 32.3. The van der Waals surface area contributed by atoms with Gasteiger partial charge in [0.05, 0.1) is 11.9 Å². The van der Waals surface area contributed by atoms with E-state index in [0.29, 0.717) is 18.8 Å². The minimum Gasteiger partial charge on any atom is -0.474 e. The van der Waals surface area contributed by atoms with Crippen molar-refractivity contribution in [3.8, 4) is 5.88 Å². The third-order valence-electron chi connectivity index (χ3n) is 3.21. The highest BCUT2D eigenvalue weighted by Crippen LogP contribution is 2.57. The Morgan fingerprint density at radius 3 is 3.05 bits per heavy atom. The van der Waals surface area contributed by atoms with Gasteiger partial charge in [-0.25, -0.2) is 14.1 Å². The van der Waals surface area contributed by atoms with Crippen LogP contribution in [-0.2, 0) is 0 Å². The first-order chi connectivity index (χ1) is 9.39. The molecular weight excluding hydrogens is 288 g/mol. The van der Waals surface area contributed by atoms with Gasteiger partial charge in [0.25, 0.3) is 0 Å². The van der Waals surface area contributed by atoms with Crippen LogP contribution in [0.25, 0.3) is 0 Å². The second-order valence-electron chi connectivity index (χ2n) is 4.57. The topological polar surface area (TPSA) is 118 Å². The van der Waals surface area contributed by atoms with Crippen LogP contribution in [0.4, 0.5) is 16.2 Å². The average molecular weight is 302 g/mol. The predicted molar refractivity (Wildman–Crippen MR) is 73.1 cm³/mol. The number of rotatable bonds is 1. The van der Waals surface area contributed by atoms with Gasteiger partial charge >= 0.3 is 6.09 Å². The van der Waals surface area contributed by atoms with E-state index in [-0.39, 0.29) is 17.6 Å². The quantitative estimate of drug-likeness (QED) is 0.612. The molecule has 2 aliphatic heterocycles. The summed E-state index contributed by atoms with van der Waals surface area (Å²) in [6.07, 6.45) is 0.101. The minimum atomic E-state index is -3.11. The number of nitrogens with zero attached hydrogens (tertiary/aromatic N) is 3. The van der Waals surface area contributed by atoms with Gasteiger partial charge in [-0.15, -0.1) is 0 Å². The summed E-state index contributed by atoms with van der Waals surface area (Å²) in [6.45, 7) is 0.740. The number of nitrogens with one attached hydrogen (secondary N) is 1. The molecule has 0 aromatic carbocycles. The van der Waals surface area contributed by atoms with E-state index in [1.807, 2.05) is 0 Å². The number of anilines is 2. The third kappa shape index (κ3) is 1.93. The van der Waals surface area contributed by atoms with Gasteiger partial charge in [0.1, 0.15) is 18.3 Å². The molecule has 0 bridgehead atoms. The molecular formula is C10H14N4O5S. The van der Waals surface area contributed by atoms with E-state index < -0.39 is 17.1 Å². The van der Waals surface area contributed by atoms with Gasteiger partial charge in [-0.3, -0.25) is 14.4 Å². The lowest BCUT2D eigenvalue weighted by Crippen LogP contribution is -2.40. The Bertz CT molecular complexity index is 569. The number of amides is 1. The molecule has 0 aliphatic carbocycles. The van der Waals surface area contributed by atoms with Crippen LogP contribution in [0.2, 0.25) is 0 Å². The van der Waals surface area contributed by atoms with Gasteiger partial charge in [0, 0.05) is 13.6 Å². The van der Waals surface area contributed by atoms with Crippen molar-refractivity contribution in [3.63, 3.8) is 0 Å². The summed E-state index contributed by atoms with van der Waals surface area (Å²) in [6, 6.07) is 1.27. The van der Waals surface area contributed by atoms with Gasteiger partial charge in [0.2, 0.25) is 5.88 Å². The van der Waals surface area contributed by atoms with E-state index in [0.717, 1.165) is 0 Å². The number of ether oxygens (including phenoxy) is 1. The zero-order valence-electron chi connectivity index (χ0n) is 10.6. The number of aromatic nitrogens is 1. The molecule has 1 saturated heterocycles. The highest BCUT2D eigenvalue weighted by Gasteiger charge is 2.46. The van der Waals surface area contributed by atoms with Crippen molar-refractivity contribution in [1.29, 1.82) is 0 Å². The summed E-state index contributed by atoms with van der Waals surface area (Å²) in [5.74, 6) is 0.257. The number of pyridine rings is 1. The maximum atomic E-state index is 10.7. The summed E-state index contributed by atoms with van der Waals surface area (Å²) in [7, 11) is -1.50. The summed E-state index contributed by atoms with van der Waals surface area (Å²) in [5.41, 5.74) is 0.613. The van der Waals surface area contributed by atoms with Crippen LogP contribution in [0.3, 0.4) is 0 Å². The Morgan fingerprint density at radius 2 is 2.35 bits per heavy atom. The summed E-state index contributed by atoms with van der Waals surface area (Å²) >= 11 is 0. The van der Waals surface area contributed by atoms with Crippen LogP contribution >= 0.6 is 11.0 Å². The molecule has 9 nitrogen and oxygen atoms in total. The first-order valence-electron chi connectivity index (χ1n) is 5.81. The fourth-order valence-electron chi connectivity index (χ4n) is 2.35. The minimum absolute atomic E-state index is 0.209. The largest absolute Gasteiger partial charge is 0.474 e. The van der Waals surface area contributed by atoms with Crippen LogP contribution in [0, 0.1) is 0 Å². The van der Waals surface area contributed by atoms with Crippen LogP contribution in [0.5, 0.6) is 5.88 Å².